The molecule has 114 valence electrons. The molecule has 0 spiro atoms. The van der Waals surface area contributed by atoms with Crippen molar-refractivity contribution in [3.05, 3.63) is 11.7 Å². The molecule has 1 N–H and O–H groups in total. The number of hydrogen-bond acceptors (Lipinski definition) is 5. The van der Waals surface area contributed by atoms with Crippen molar-refractivity contribution in [2.75, 3.05) is 12.8 Å². The minimum absolute atomic E-state index is 0.174. The van der Waals surface area contributed by atoms with Crippen LogP contribution in [0.1, 0.15) is 57.7 Å². The second kappa shape index (κ2) is 7.46. The van der Waals surface area contributed by atoms with E-state index in [4.69, 9.17) is 4.52 Å². The van der Waals surface area contributed by atoms with E-state index in [1.54, 1.807) is 0 Å². The molecule has 1 saturated carbocycles. The van der Waals surface area contributed by atoms with Crippen molar-refractivity contribution in [1.29, 1.82) is 0 Å². The fraction of sp³-hybridized carbons (Fsp3) is 0.867. The molecule has 1 fully saturated rings. The van der Waals surface area contributed by atoms with Gasteiger partial charge in [-0.25, -0.2) is 0 Å². The highest BCUT2D eigenvalue weighted by Crippen LogP contribution is 2.30. The van der Waals surface area contributed by atoms with E-state index in [-0.39, 0.29) is 5.54 Å². The van der Waals surface area contributed by atoms with E-state index >= 15 is 0 Å². The lowest BCUT2D eigenvalue weighted by Crippen LogP contribution is -2.46. The van der Waals surface area contributed by atoms with Gasteiger partial charge in [0, 0.05) is 12.0 Å². The summed E-state index contributed by atoms with van der Waals surface area (Å²) in [5.74, 6) is 4.34. The van der Waals surface area contributed by atoms with Crippen LogP contribution in [0, 0.1) is 5.92 Å². The Labute approximate surface area is 126 Å². The summed E-state index contributed by atoms with van der Waals surface area (Å²) in [6, 6.07) is 0. The lowest BCUT2D eigenvalue weighted by molar-refractivity contribution is 0.221. The normalized spacial score (nSPS) is 18.6. The Morgan fingerprint density at radius 1 is 1.30 bits per heavy atom. The maximum Gasteiger partial charge on any atom is 0.228 e. The van der Waals surface area contributed by atoms with Gasteiger partial charge in [0.05, 0.1) is 5.75 Å². The second-order valence-electron chi connectivity index (χ2n) is 6.28. The van der Waals surface area contributed by atoms with Crippen LogP contribution >= 0.6 is 11.8 Å². The van der Waals surface area contributed by atoms with Crippen LogP contribution in [0.2, 0.25) is 0 Å². The van der Waals surface area contributed by atoms with Crippen LogP contribution in [0.25, 0.3) is 0 Å². The largest absolute Gasteiger partial charge is 0.339 e. The molecule has 0 aromatic carbocycles. The summed E-state index contributed by atoms with van der Waals surface area (Å²) < 4.78 is 5.44. The number of rotatable bonds is 7. The molecule has 20 heavy (non-hydrogen) atoms. The van der Waals surface area contributed by atoms with Crippen LogP contribution in [0.3, 0.4) is 0 Å². The average Bonchev–Trinajstić information content (AvgIpc) is 2.87. The maximum absolute atomic E-state index is 5.44. The van der Waals surface area contributed by atoms with Gasteiger partial charge in [-0.1, -0.05) is 38.3 Å². The van der Waals surface area contributed by atoms with Crippen LogP contribution in [0.4, 0.5) is 0 Å². The van der Waals surface area contributed by atoms with E-state index in [2.05, 4.69) is 36.4 Å². The number of thioether (sulfide) groups is 1. The SMILES string of the molecule is CNC1(Cc2nc(CSCC(C)C)no2)CCCCC1. The van der Waals surface area contributed by atoms with Gasteiger partial charge in [0.1, 0.15) is 0 Å². The highest BCUT2D eigenvalue weighted by Gasteiger charge is 2.32. The first-order valence-electron chi connectivity index (χ1n) is 7.72. The summed E-state index contributed by atoms with van der Waals surface area (Å²) in [4.78, 5) is 4.56. The molecule has 4 nitrogen and oxygen atoms in total. The zero-order valence-electron chi connectivity index (χ0n) is 12.9. The molecule has 1 aromatic rings. The summed E-state index contributed by atoms with van der Waals surface area (Å²) in [7, 11) is 2.06. The Morgan fingerprint density at radius 3 is 2.70 bits per heavy atom. The third kappa shape index (κ3) is 4.48. The molecule has 0 saturated heterocycles. The summed E-state index contributed by atoms with van der Waals surface area (Å²) in [6.07, 6.45) is 7.24. The minimum atomic E-state index is 0.174. The highest BCUT2D eigenvalue weighted by atomic mass is 32.2. The predicted octanol–water partition coefficient (Wildman–Crippen LogP) is 3.42. The Balaban J connectivity index is 1.88. The van der Waals surface area contributed by atoms with Gasteiger partial charge in [0.2, 0.25) is 5.89 Å². The summed E-state index contributed by atoms with van der Waals surface area (Å²) in [5, 5.41) is 7.61. The summed E-state index contributed by atoms with van der Waals surface area (Å²) in [6.45, 7) is 4.46. The minimum Gasteiger partial charge on any atom is -0.339 e. The Morgan fingerprint density at radius 2 is 2.05 bits per heavy atom. The van der Waals surface area contributed by atoms with Crippen LogP contribution in [-0.2, 0) is 12.2 Å². The molecular weight excluding hydrogens is 270 g/mol. The molecule has 0 bridgehead atoms. The topological polar surface area (TPSA) is 51.0 Å². The monoisotopic (exact) mass is 297 g/mol. The molecule has 2 rings (SSSR count). The van der Waals surface area contributed by atoms with E-state index in [0.29, 0.717) is 5.92 Å². The first kappa shape index (κ1) is 15.8. The van der Waals surface area contributed by atoms with Crippen molar-refractivity contribution < 1.29 is 4.52 Å². The number of hydrogen-bond donors (Lipinski definition) is 1. The van der Waals surface area contributed by atoms with Crippen molar-refractivity contribution in [3.63, 3.8) is 0 Å². The fourth-order valence-corrected chi connectivity index (χ4v) is 3.73. The molecule has 1 heterocycles. The number of nitrogens with one attached hydrogen (secondary N) is 1. The molecule has 1 aliphatic rings. The Hall–Kier alpha value is -0.550. The zero-order valence-corrected chi connectivity index (χ0v) is 13.8. The standard InChI is InChI=1S/C15H27N3OS/c1-12(2)10-20-11-13-17-14(19-18-13)9-15(16-3)7-5-4-6-8-15/h12,16H,4-11H2,1-3H3. The zero-order chi connectivity index (χ0) is 14.4. The van der Waals surface area contributed by atoms with Gasteiger partial charge < -0.3 is 9.84 Å². The van der Waals surface area contributed by atoms with Gasteiger partial charge in [-0.15, -0.1) is 0 Å². The second-order valence-corrected chi connectivity index (χ2v) is 7.31. The van der Waals surface area contributed by atoms with E-state index in [0.717, 1.165) is 29.6 Å². The van der Waals surface area contributed by atoms with Gasteiger partial charge in [-0.2, -0.15) is 16.7 Å². The van der Waals surface area contributed by atoms with E-state index in [1.807, 2.05) is 11.8 Å². The highest BCUT2D eigenvalue weighted by molar-refractivity contribution is 7.98. The molecule has 0 radical (unpaired) electrons. The molecule has 5 heteroatoms. The van der Waals surface area contributed by atoms with E-state index in [9.17, 15) is 0 Å². The predicted molar refractivity (Wildman–Crippen MR) is 83.9 cm³/mol. The van der Waals surface area contributed by atoms with E-state index in [1.165, 1.54) is 32.1 Å². The molecule has 0 atom stereocenters. The van der Waals surface area contributed by atoms with Crippen molar-refractivity contribution in [3.8, 4) is 0 Å². The van der Waals surface area contributed by atoms with Crippen molar-refractivity contribution in [2.45, 2.75) is 63.7 Å². The van der Waals surface area contributed by atoms with E-state index < -0.39 is 0 Å². The fourth-order valence-electron chi connectivity index (χ4n) is 2.84. The van der Waals surface area contributed by atoms with Crippen LogP contribution < -0.4 is 5.32 Å². The smallest absolute Gasteiger partial charge is 0.228 e. The number of nitrogens with zero attached hydrogens (tertiary/aromatic N) is 2. The van der Waals surface area contributed by atoms with Crippen molar-refractivity contribution in [2.24, 2.45) is 5.92 Å². The van der Waals surface area contributed by atoms with Gasteiger partial charge in [0.25, 0.3) is 0 Å². The molecular formula is C15H27N3OS. The van der Waals surface area contributed by atoms with Crippen molar-refractivity contribution in [1.82, 2.24) is 15.5 Å². The van der Waals surface area contributed by atoms with Crippen LogP contribution in [-0.4, -0.2) is 28.5 Å². The third-order valence-electron chi connectivity index (χ3n) is 4.02. The van der Waals surface area contributed by atoms with Gasteiger partial charge >= 0.3 is 0 Å². The summed E-state index contributed by atoms with van der Waals surface area (Å²) >= 11 is 1.88. The number of aromatic nitrogens is 2. The van der Waals surface area contributed by atoms with Crippen LogP contribution in [0.5, 0.6) is 0 Å². The molecule has 0 aliphatic heterocycles. The van der Waals surface area contributed by atoms with Gasteiger partial charge in [0.15, 0.2) is 5.82 Å². The molecule has 0 unspecified atom stereocenters. The molecule has 0 amide bonds. The lowest BCUT2D eigenvalue weighted by Gasteiger charge is -2.36. The number of likely N-dealkylation sites (N-methyl/N-ethyl adjacent to an activating group) is 1. The van der Waals surface area contributed by atoms with Gasteiger partial charge in [-0.05, 0) is 31.6 Å². The molecule has 1 aliphatic carbocycles. The first-order chi connectivity index (χ1) is 9.63. The third-order valence-corrected chi connectivity index (χ3v) is 5.39. The van der Waals surface area contributed by atoms with Crippen molar-refractivity contribution >= 4 is 11.8 Å². The molecule has 1 aromatic heterocycles. The summed E-state index contributed by atoms with van der Waals surface area (Å²) in [5.41, 5.74) is 0.174. The lowest BCUT2D eigenvalue weighted by atomic mass is 9.79. The Bertz CT molecular complexity index is 400. The quantitative estimate of drug-likeness (QED) is 0.835. The van der Waals surface area contributed by atoms with Crippen LogP contribution in [0.15, 0.2) is 4.52 Å². The average molecular weight is 297 g/mol. The first-order valence-corrected chi connectivity index (χ1v) is 8.87. The van der Waals surface area contributed by atoms with Gasteiger partial charge in [-0.3, -0.25) is 0 Å². The Kier molecular flexibility index (Phi) is 5.90. The maximum atomic E-state index is 5.44.